The number of hydrogen-bond donors (Lipinski definition) is 0. The summed E-state index contributed by atoms with van der Waals surface area (Å²) in [6.45, 7) is 5.17. The van der Waals surface area contributed by atoms with Gasteiger partial charge in [0.2, 0.25) is 0 Å². The number of ether oxygens (including phenoxy) is 1. The maximum Gasteiger partial charge on any atom is 0.306 e. The molecular formula is C32H63NO4. The number of quaternary nitrogens is 1. The van der Waals surface area contributed by atoms with Gasteiger partial charge in [-0.05, 0) is 12.3 Å². The van der Waals surface area contributed by atoms with Crippen LogP contribution in [0, 0.1) is 5.92 Å². The maximum atomic E-state index is 12.1. The molecular weight excluding hydrogens is 462 g/mol. The Balaban J connectivity index is 3.43. The van der Waals surface area contributed by atoms with E-state index in [-0.39, 0.29) is 12.4 Å². The minimum Gasteiger partial charge on any atom is -0.550 e. The molecule has 0 spiro atoms. The third kappa shape index (κ3) is 27.7. The van der Waals surface area contributed by atoms with Crippen molar-refractivity contribution in [3.63, 3.8) is 0 Å². The number of hydrogen-bond acceptors (Lipinski definition) is 4. The van der Waals surface area contributed by atoms with Crippen LogP contribution in [0.3, 0.4) is 0 Å². The van der Waals surface area contributed by atoms with E-state index in [0.717, 1.165) is 25.2 Å². The highest BCUT2D eigenvalue weighted by molar-refractivity contribution is 5.70. The van der Waals surface area contributed by atoms with E-state index in [2.05, 4.69) is 13.8 Å². The lowest BCUT2D eigenvalue weighted by Crippen LogP contribution is -2.45. The van der Waals surface area contributed by atoms with E-state index in [0.29, 0.717) is 17.4 Å². The molecule has 2 atom stereocenters. The van der Waals surface area contributed by atoms with E-state index >= 15 is 0 Å². The lowest BCUT2D eigenvalue weighted by atomic mass is 9.98. The van der Waals surface area contributed by atoms with Crippen LogP contribution in [-0.4, -0.2) is 50.2 Å². The Kier molecular flexibility index (Phi) is 23.3. The largest absolute Gasteiger partial charge is 0.550 e. The molecule has 5 nitrogen and oxygen atoms in total. The Hall–Kier alpha value is -1.10. The Morgan fingerprint density at radius 3 is 1.46 bits per heavy atom. The topological polar surface area (TPSA) is 66.4 Å². The number of carbonyl (C=O) groups excluding carboxylic acids is 2. The average molecular weight is 526 g/mol. The van der Waals surface area contributed by atoms with E-state index in [4.69, 9.17) is 4.74 Å². The van der Waals surface area contributed by atoms with Crippen molar-refractivity contribution in [3.8, 4) is 0 Å². The number of rotatable bonds is 27. The van der Waals surface area contributed by atoms with E-state index < -0.39 is 12.1 Å². The number of carbonyl (C=O) groups is 2. The molecule has 0 saturated carbocycles. The first kappa shape index (κ1) is 35.9. The summed E-state index contributed by atoms with van der Waals surface area (Å²) in [5.41, 5.74) is 0. The Morgan fingerprint density at radius 1 is 0.676 bits per heavy atom. The molecule has 0 aliphatic heterocycles. The van der Waals surface area contributed by atoms with Crippen molar-refractivity contribution in [2.45, 2.75) is 161 Å². The molecule has 2 unspecified atom stereocenters. The van der Waals surface area contributed by atoms with Gasteiger partial charge in [0.05, 0.1) is 21.1 Å². The van der Waals surface area contributed by atoms with E-state index in [1.807, 2.05) is 21.1 Å². The van der Waals surface area contributed by atoms with E-state index in [1.165, 1.54) is 109 Å². The van der Waals surface area contributed by atoms with Gasteiger partial charge in [-0.1, -0.05) is 136 Å². The average Bonchev–Trinajstić information content (AvgIpc) is 2.79. The molecule has 0 amide bonds. The SMILES string of the molecule is CCCC(C)CCCCCCCCCCCCCCCCCCCC(=O)OC(CC(=O)[O-])C[N+](C)(C)C. The fourth-order valence-electron chi connectivity index (χ4n) is 5.24. The van der Waals surface area contributed by atoms with Crippen LogP contribution in [0.1, 0.15) is 155 Å². The van der Waals surface area contributed by atoms with Crippen LogP contribution in [0.2, 0.25) is 0 Å². The van der Waals surface area contributed by atoms with Gasteiger partial charge in [-0.25, -0.2) is 0 Å². The third-order valence-electron chi connectivity index (χ3n) is 7.30. The minimum absolute atomic E-state index is 0.236. The third-order valence-corrected chi connectivity index (χ3v) is 7.30. The first-order valence-electron chi connectivity index (χ1n) is 15.8. The van der Waals surface area contributed by atoms with Gasteiger partial charge >= 0.3 is 5.97 Å². The highest BCUT2D eigenvalue weighted by Crippen LogP contribution is 2.17. The summed E-state index contributed by atoms with van der Waals surface area (Å²) >= 11 is 0. The second kappa shape index (κ2) is 24.0. The number of esters is 1. The smallest absolute Gasteiger partial charge is 0.306 e. The first-order valence-corrected chi connectivity index (χ1v) is 15.8. The van der Waals surface area contributed by atoms with Crippen molar-refractivity contribution in [3.05, 3.63) is 0 Å². The summed E-state index contributed by atoms with van der Waals surface area (Å²) in [5, 5.41) is 10.9. The molecule has 0 aliphatic carbocycles. The van der Waals surface area contributed by atoms with Gasteiger partial charge < -0.3 is 19.1 Å². The van der Waals surface area contributed by atoms with E-state index in [9.17, 15) is 14.7 Å². The van der Waals surface area contributed by atoms with Crippen molar-refractivity contribution in [1.82, 2.24) is 0 Å². The zero-order valence-electron chi connectivity index (χ0n) is 25.5. The van der Waals surface area contributed by atoms with Crippen LogP contribution in [0.25, 0.3) is 0 Å². The molecule has 0 rings (SSSR count). The molecule has 0 radical (unpaired) electrons. The van der Waals surface area contributed by atoms with Gasteiger partial charge in [0.15, 0.2) is 6.10 Å². The summed E-state index contributed by atoms with van der Waals surface area (Å²) < 4.78 is 5.95. The Labute approximate surface area is 230 Å². The molecule has 0 saturated heterocycles. The number of unbranched alkanes of at least 4 members (excludes halogenated alkanes) is 16. The maximum absolute atomic E-state index is 12.1. The van der Waals surface area contributed by atoms with Gasteiger partial charge in [-0.15, -0.1) is 0 Å². The molecule has 0 fully saturated rings. The Morgan fingerprint density at radius 2 is 1.08 bits per heavy atom. The summed E-state index contributed by atoms with van der Waals surface area (Å²) in [7, 11) is 5.86. The lowest BCUT2D eigenvalue weighted by molar-refractivity contribution is -0.873. The van der Waals surface area contributed by atoms with Crippen LogP contribution in [0.5, 0.6) is 0 Å². The molecule has 0 aliphatic rings. The Bertz CT molecular complexity index is 543. The van der Waals surface area contributed by atoms with Gasteiger partial charge in [-0.3, -0.25) is 4.79 Å². The molecule has 0 aromatic rings. The van der Waals surface area contributed by atoms with Crippen molar-refractivity contribution in [2.75, 3.05) is 27.7 Å². The zero-order valence-corrected chi connectivity index (χ0v) is 25.5. The van der Waals surface area contributed by atoms with Crippen LogP contribution in [-0.2, 0) is 14.3 Å². The number of carboxylic acids is 1. The molecule has 0 bridgehead atoms. The fourth-order valence-corrected chi connectivity index (χ4v) is 5.24. The molecule has 5 heteroatoms. The van der Waals surface area contributed by atoms with Crippen molar-refractivity contribution in [2.24, 2.45) is 5.92 Å². The van der Waals surface area contributed by atoms with Gasteiger partial charge in [-0.2, -0.15) is 0 Å². The van der Waals surface area contributed by atoms with Crippen LogP contribution in [0.15, 0.2) is 0 Å². The molecule has 220 valence electrons. The van der Waals surface area contributed by atoms with Crippen molar-refractivity contribution >= 4 is 11.9 Å². The van der Waals surface area contributed by atoms with Gasteiger partial charge in [0.1, 0.15) is 6.54 Å². The summed E-state index contributed by atoms with van der Waals surface area (Å²) in [6, 6.07) is 0. The highest BCUT2D eigenvalue weighted by Gasteiger charge is 2.22. The standard InChI is InChI=1S/C32H63NO4/c1-6-24-29(2)25-22-20-18-16-14-12-10-8-7-9-11-13-15-17-19-21-23-26-32(36)37-30(27-31(34)35)28-33(3,4)5/h29-30H,6-28H2,1-5H3. The van der Waals surface area contributed by atoms with Crippen LogP contribution < -0.4 is 5.11 Å². The number of likely N-dealkylation sites (N-methyl/N-ethyl adjacent to an activating group) is 1. The molecule has 0 N–H and O–H groups in total. The summed E-state index contributed by atoms with van der Waals surface area (Å²) in [5.74, 6) is -0.529. The predicted molar refractivity (Wildman–Crippen MR) is 154 cm³/mol. The number of carboxylic acid groups (broad SMARTS) is 1. The number of nitrogens with zero attached hydrogens (tertiary/aromatic N) is 1. The number of aliphatic carboxylic acids is 1. The zero-order chi connectivity index (χ0) is 27.8. The lowest BCUT2D eigenvalue weighted by Gasteiger charge is -2.29. The second-order valence-corrected chi connectivity index (χ2v) is 12.6. The normalized spacial score (nSPS) is 13.4. The quantitative estimate of drug-likeness (QED) is 0.0629. The van der Waals surface area contributed by atoms with Crippen molar-refractivity contribution in [1.29, 1.82) is 0 Å². The van der Waals surface area contributed by atoms with Crippen molar-refractivity contribution < 1.29 is 23.9 Å². The molecule has 0 heterocycles. The van der Waals surface area contributed by atoms with Gasteiger partial charge in [0.25, 0.3) is 0 Å². The molecule has 37 heavy (non-hydrogen) atoms. The molecule has 0 aromatic carbocycles. The summed E-state index contributed by atoms with van der Waals surface area (Å²) in [4.78, 5) is 23.0. The van der Waals surface area contributed by atoms with Gasteiger partial charge in [0, 0.05) is 18.8 Å². The van der Waals surface area contributed by atoms with Crippen LogP contribution >= 0.6 is 0 Å². The molecule has 0 aromatic heterocycles. The fraction of sp³-hybridized carbons (Fsp3) is 0.938. The highest BCUT2D eigenvalue weighted by atomic mass is 16.5. The van der Waals surface area contributed by atoms with E-state index in [1.54, 1.807) is 0 Å². The first-order chi connectivity index (χ1) is 17.6. The summed E-state index contributed by atoms with van der Waals surface area (Å²) in [6.07, 6.45) is 26.1. The minimum atomic E-state index is -1.17. The predicted octanol–water partition coefficient (Wildman–Crippen LogP) is 7.59. The van der Waals surface area contributed by atoms with Crippen LogP contribution in [0.4, 0.5) is 0 Å². The monoisotopic (exact) mass is 525 g/mol. The second-order valence-electron chi connectivity index (χ2n) is 12.6.